The molecule has 8 heteroatoms. The van der Waals surface area contributed by atoms with E-state index in [4.69, 9.17) is 16.3 Å². The Balaban J connectivity index is 1.98. The Labute approximate surface area is 127 Å². The molecule has 0 fully saturated rings. The van der Waals surface area contributed by atoms with Gasteiger partial charge in [-0.3, -0.25) is 4.79 Å². The Morgan fingerprint density at radius 2 is 2.14 bits per heavy atom. The summed E-state index contributed by atoms with van der Waals surface area (Å²) in [5.74, 6) is -0.189. The predicted octanol–water partition coefficient (Wildman–Crippen LogP) is 1.22. The maximum atomic E-state index is 11.9. The van der Waals surface area contributed by atoms with Crippen LogP contribution in [-0.4, -0.2) is 39.3 Å². The van der Waals surface area contributed by atoms with Crippen molar-refractivity contribution in [2.45, 2.75) is 25.6 Å². The molecule has 2 aromatic rings. The second-order valence-corrected chi connectivity index (χ2v) is 5.01. The van der Waals surface area contributed by atoms with E-state index in [-0.39, 0.29) is 24.6 Å². The number of aromatic nitrogens is 4. The number of rotatable bonds is 6. The first-order valence-electron chi connectivity index (χ1n) is 6.38. The number of carbonyl (C=O) groups excluding carboxylic acids is 1. The summed E-state index contributed by atoms with van der Waals surface area (Å²) >= 11 is 5.87. The maximum Gasteiger partial charge on any atom is 0.242 e. The number of nitrogens with one attached hydrogen (secondary N) is 1. The molecule has 0 aliphatic heterocycles. The van der Waals surface area contributed by atoms with E-state index in [1.165, 1.54) is 11.0 Å². The monoisotopic (exact) mass is 309 g/mol. The highest BCUT2D eigenvalue weighted by molar-refractivity contribution is 6.30. The summed E-state index contributed by atoms with van der Waals surface area (Å²) in [6.07, 6.45) is 1.12. The van der Waals surface area contributed by atoms with Crippen molar-refractivity contribution < 1.29 is 9.53 Å². The van der Waals surface area contributed by atoms with Gasteiger partial charge in [-0.05, 0) is 35.0 Å². The van der Waals surface area contributed by atoms with Gasteiger partial charge in [-0.1, -0.05) is 23.7 Å². The second-order valence-electron chi connectivity index (χ2n) is 4.57. The first kappa shape index (κ1) is 15.4. The van der Waals surface area contributed by atoms with Gasteiger partial charge < -0.3 is 10.1 Å². The topological polar surface area (TPSA) is 81.9 Å². The van der Waals surface area contributed by atoms with E-state index >= 15 is 0 Å². The van der Waals surface area contributed by atoms with Crippen LogP contribution in [-0.2, 0) is 16.1 Å². The fourth-order valence-corrected chi connectivity index (χ4v) is 2.18. The molecule has 0 saturated heterocycles. The molecule has 1 heterocycles. The molecule has 0 aliphatic rings. The van der Waals surface area contributed by atoms with Crippen molar-refractivity contribution in [3.05, 3.63) is 41.2 Å². The SMILES string of the molecule is CO[C@H](c1ccc(Cl)cc1)[C@@H](C)NC(=O)Cn1cnnn1. The van der Waals surface area contributed by atoms with E-state index in [0.29, 0.717) is 5.02 Å². The number of methoxy groups -OCH3 is 1. The quantitative estimate of drug-likeness (QED) is 0.867. The Hall–Kier alpha value is -1.99. The van der Waals surface area contributed by atoms with Crippen LogP contribution in [0.15, 0.2) is 30.6 Å². The number of tetrazole rings is 1. The number of carbonyl (C=O) groups is 1. The first-order chi connectivity index (χ1) is 10.1. The van der Waals surface area contributed by atoms with Crippen molar-refractivity contribution in [2.24, 2.45) is 0 Å². The first-order valence-corrected chi connectivity index (χ1v) is 6.76. The molecule has 0 saturated carbocycles. The van der Waals surface area contributed by atoms with Crippen molar-refractivity contribution in [1.82, 2.24) is 25.5 Å². The maximum absolute atomic E-state index is 11.9. The minimum Gasteiger partial charge on any atom is -0.375 e. The van der Waals surface area contributed by atoms with Gasteiger partial charge in [0.05, 0.1) is 6.04 Å². The lowest BCUT2D eigenvalue weighted by molar-refractivity contribution is -0.123. The Morgan fingerprint density at radius 1 is 1.43 bits per heavy atom. The lowest BCUT2D eigenvalue weighted by atomic mass is 10.0. The van der Waals surface area contributed by atoms with Crippen LogP contribution in [0.5, 0.6) is 0 Å². The van der Waals surface area contributed by atoms with Crippen LogP contribution in [0.25, 0.3) is 0 Å². The van der Waals surface area contributed by atoms with Crippen LogP contribution in [0.1, 0.15) is 18.6 Å². The lowest BCUT2D eigenvalue weighted by Gasteiger charge is -2.24. The van der Waals surface area contributed by atoms with Crippen LogP contribution >= 0.6 is 11.6 Å². The molecule has 0 bridgehead atoms. The van der Waals surface area contributed by atoms with Crippen LogP contribution in [0, 0.1) is 0 Å². The molecule has 21 heavy (non-hydrogen) atoms. The zero-order chi connectivity index (χ0) is 15.2. The molecule has 1 aromatic heterocycles. The van der Waals surface area contributed by atoms with Gasteiger partial charge in [-0.15, -0.1) is 5.10 Å². The van der Waals surface area contributed by atoms with Gasteiger partial charge in [-0.2, -0.15) is 0 Å². The summed E-state index contributed by atoms with van der Waals surface area (Å²) in [6, 6.07) is 7.12. The van der Waals surface area contributed by atoms with Gasteiger partial charge in [-0.25, -0.2) is 4.68 Å². The zero-order valence-electron chi connectivity index (χ0n) is 11.7. The summed E-state index contributed by atoms with van der Waals surface area (Å²) in [5.41, 5.74) is 0.942. The van der Waals surface area contributed by atoms with Gasteiger partial charge in [0.25, 0.3) is 0 Å². The summed E-state index contributed by atoms with van der Waals surface area (Å²) in [4.78, 5) is 11.9. The highest BCUT2D eigenvalue weighted by Crippen LogP contribution is 2.22. The van der Waals surface area contributed by atoms with Crippen molar-refractivity contribution in [3.63, 3.8) is 0 Å². The van der Waals surface area contributed by atoms with E-state index in [1.54, 1.807) is 19.2 Å². The fraction of sp³-hybridized carbons (Fsp3) is 0.385. The highest BCUT2D eigenvalue weighted by atomic mass is 35.5. The third-order valence-electron chi connectivity index (χ3n) is 2.99. The van der Waals surface area contributed by atoms with Crippen LogP contribution in [0.2, 0.25) is 5.02 Å². The molecule has 0 spiro atoms. The molecular formula is C13H16ClN5O2. The average molecular weight is 310 g/mol. The normalized spacial score (nSPS) is 13.7. The van der Waals surface area contributed by atoms with Gasteiger partial charge in [0.2, 0.25) is 5.91 Å². The molecule has 2 atom stereocenters. The van der Waals surface area contributed by atoms with Gasteiger partial charge in [0.1, 0.15) is 19.0 Å². The Bertz CT molecular complexity index is 573. The minimum atomic E-state index is -0.264. The van der Waals surface area contributed by atoms with E-state index in [0.717, 1.165) is 5.56 Å². The molecule has 112 valence electrons. The molecular weight excluding hydrogens is 294 g/mol. The Kier molecular flexibility index (Phi) is 5.24. The molecule has 0 unspecified atom stereocenters. The molecule has 0 aliphatic carbocycles. The average Bonchev–Trinajstić information content (AvgIpc) is 2.94. The van der Waals surface area contributed by atoms with Crippen LogP contribution < -0.4 is 5.32 Å². The molecule has 0 radical (unpaired) electrons. The predicted molar refractivity (Wildman–Crippen MR) is 76.6 cm³/mol. The van der Waals surface area contributed by atoms with Crippen LogP contribution in [0.3, 0.4) is 0 Å². The fourth-order valence-electron chi connectivity index (χ4n) is 2.06. The van der Waals surface area contributed by atoms with Crippen molar-refractivity contribution in [1.29, 1.82) is 0 Å². The molecule has 1 amide bonds. The smallest absolute Gasteiger partial charge is 0.242 e. The number of halogens is 1. The van der Waals surface area contributed by atoms with E-state index in [1.807, 2.05) is 19.1 Å². The summed E-state index contributed by atoms with van der Waals surface area (Å²) in [6.45, 7) is 1.94. The van der Waals surface area contributed by atoms with Crippen LogP contribution in [0.4, 0.5) is 0 Å². The summed E-state index contributed by atoms with van der Waals surface area (Å²) in [5, 5.41) is 14.1. The van der Waals surface area contributed by atoms with Gasteiger partial charge in [0, 0.05) is 12.1 Å². The second kappa shape index (κ2) is 7.14. The van der Waals surface area contributed by atoms with E-state index in [9.17, 15) is 4.79 Å². The zero-order valence-corrected chi connectivity index (χ0v) is 12.5. The molecule has 7 nitrogen and oxygen atoms in total. The number of amides is 1. The Morgan fingerprint density at radius 3 is 2.71 bits per heavy atom. The third kappa shape index (κ3) is 4.24. The van der Waals surface area contributed by atoms with Crippen molar-refractivity contribution in [3.8, 4) is 0 Å². The standard InChI is InChI=1S/C13H16ClN5O2/c1-9(16-12(20)7-19-8-15-17-18-19)13(21-2)10-3-5-11(14)6-4-10/h3-6,8-9,13H,7H2,1-2H3,(H,16,20)/t9-,13+/m1/s1. The summed E-state index contributed by atoms with van der Waals surface area (Å²) in [7, 11) is 1.60. The van der Waals surface area contributed by atoms with Crippen molar-refractivity contribution >= 4 is 17.5 Å². The summed E-state index contributed by atoms with van der Waals surface area (Å²) < 4.78 is 6.82. The molecule has 1 aromatic carbocycles. The number of hydrogen-bond acceptors (Lipinski definition) is 5. The lowest BCUT2D eigenvalue weighted by Crippen LogP contribution is -2.39. The third-order valence-corrected chi connectivity index (χ3v) is 3.24. The highest BCUT2D eigenvalue weighted by Gasteiger charge is 2.20. The number of hydrogen-bond donors (Lipinski definition) is 1. The van der Waals surface area contributed by atoms with Crippen molar-refractivity contribution in [2.75, 3.05) is 7.11 Å². The molecule has 2 rings (SSSR count). The molecule has 1 N–H and O–H groups in total. The van der Waals surface area contributed by atoms with E-state index in [2.05, 4.69) is 20.8 Å². The number of nitrogens with zero attached hydrogens (tertiary/aromatic N) is 4. The number of benzene rings is 1. The van der Waals surface area contributed by atoms with E-state index < -0.39 is 0 Å². The van der Waals surface area contributed by atoms with Gasteiger partial charge in [0.15, 0.2) is 0 Å². The number of ether oxygens (including phenoxy) is 1. The van der Waals surface area contributed by atoms with Gasteiger partial charge >= 0.3 is 0 Å². The largest absolute Gasteiger partial charge is 0.375 e. The minimum absolute atomic E-state index is 0.0639.